The molecule has 0 radical (unpaired) electrons. The van der Waals surface area contributed by atoms with E-state index >= 15 is 0 Å². The summed E-state index contributed by atoms with van der Waals surface area (Å²) in [6, 6.07) is 11.1. The Hall–Kier alpha value is -2.76. The van der Waals surface area contributed by atoms with Gasteiger partial charge in [0.05, 0.1) is 6.26 Å². The number of para-hydroxylation sites is 1. The fourth-order valence-corrected chi connectivity index (χ4v) is 3.22. The number of anilines is 1. The lowest BCUT2D eigenvalue weighted by molar-refractivity contribution is 0.0922. The molecule has 1 aliphatic heterocycles. The van der Waals surface area contributed by atoms with Gasteiger partial charge in [0.15, 0.2) is 5.76 Å². The van der Waals surface area contributed by atoms with Gasteiger partial charge in [0.25, 0.3) is 5.91 Å². The summed E-state index contributed by atoms with van der Waals surface area (Å²) in [6.45, 7) is 4.10. The third kappa shape index (κ3) is 4.65. The van der Waals surface area contributed by atoms with Crippen LogP contribution in [0, 0.1) is 12.8 Å². The number of piperidine rings is 1. The molecular formula is C20H25N3O3. The van der Waals surface area contributed by atoms with E-state index in [0.717, 1.165) is 43.6 Å². The molecule has 0 atom stereocenters. The highest BCUT2D eigenvalue weighted by atomic mass is 16.3. The Balaban J connectivity index is 1.38. The van der Waals surface area contributed by atoms with Crippen LogP contribution in [-0.4, -0.2) is 36.5 Å². The van der Waals surface area contributed by atoms with Crippen molar-refractivity contribution in [1.29, 1.82) is 0 Å². The van der Waals surface area contributed by atoms with Gasteiger partial charge in [-0.05, 0) is 55.9 Å². The number of aryl methyl sites for hydroxylation is 1. The van der Waals surface area contributed by atoms with Crippen molar-refractivity contribution in [3.63, 3.8) is 0 Å². The number of rotatable bonds is 5. The lowest BCUT2D eigenvalue weighted by atomic mass is 9.93. The summed E-state index contributed by atoms with van der Waals surface area (Å²) in [4.78, 5) is 26.1. The van der Waals surface area contributed by atoms with E-state index in [1.165, 1.54) is 6.26 Å². The van der Waals surface area contributed by atoms with Crippen molar-refractivity contribution in [2.45, 2.75) is 26.2 Å². The first kappa shape index (κ1) is 18.0. The van der Waals surface area contributed by atoms with Gasteiger partial charge < -0.3 is 20.0 Å². The van der Waals surface area contributed by atoms with E-state index in [0.29, 0.717) is 18.2 Å². The lowest BCUT2D eigenvalue weighted by Crippen LogP contribution is -2.41. The number of amides is 3. The van der Waals surface area contributed by atoms with Gasteiger partial charge in [0.1, 0.15) is 0 Å². The number of furan rings is 1. The quantitative estimate of drug-likeness (QED) is 0.860. The second kappa shape index (κ2) is 8.56. The molecule has 0 saturated carbocycles. The molecule has 138 valence electrons. The molecule has 6 nitrogen and oxygen atoms in total. The molecule has 1 saturated heterocycles. The summed E-state index contributed by atoms with van der Waals surface area (Å²) in [5.74, 6) is 0.687. The minimum atomic E-state index is -0.176. The molecule has 0 aliphatic carbocycles. The Labute approximate surface area is 153 Å². The van der Waals surface area contributed by atoms with Gasteiger partial charge in [-0.15, -0.1) is 0 Å². The predicted octanol–water partition coefficient (Wildman–Crippen LogP) is 3.65. The molecule has 0 bridgehead atoms. The average Bonchev–Trinajstić information content (AvgIpc) is 3.19. The number of nitrogens with one attached hydrogen (secondary N) is 2. The summed E-state index contributed by atoms with van der Waals surface area (Å²) in [5.41, 5.74) is 1.92. The normalized spacial score (nSPS) is 14.9. The van der Waals surface area contributed by atoms with Crippen LogP contribution in [0.2, 0.25) is 0 Å². The van der Waals surface area contributed by atoms with Crippen LogP contribution >= 0.6 is 0 Å². The number of carbonyl (C=O) groups is 2. The predicted molar refractivity (Wildman–Crippen MR) is 100 cm³/mol. The largest absolute Gasteiger partial charge is 0.459 e. The van der Waals surface area contributed by atoms with Gasteiger partial charge in [0.2, 0.25) is 0 Å². The maximum absolute atomic E-state index is 12.4. The van der Waals surface area contributed by atoms with Crippen molar-refractivity contribution in [3.8, 4) is 0 Å². The number of likely N-dealkylation sites (tertiary alicyclic amines) is 1. The number of benzene rings is 1. The van der Waals surface area contributed by atoms with Gasteiger partial charge in [0, 0.05) is 25.3 Å². The summed E-state index contributed by atoms with van der Waals surface area (Å²) < 4.78 is 5.07. The molecule has 1 aromatic heterocycles. The lowest BCUT2D eigenvalue weighted by Gasteiger charge is -2.32. The zero-order chi connectivity index (χ0) is 18.4. The van der Waals surface area contributed by atoms with E-state index in [1.807, 2.05) is 36.1 Å². The monoisotopic (exact) mass is 355 g/mol. The van der Waals surface area contributed by atoms with E-state index in [9.17, 15) is 9.59 Å². The smallest absolute Gasteiger partial charge is 0.321 e. The van der Waals surface area contributed by atoms with E-state index in [-0.39, 0.29) is 11.9 Å². The Morgan fingerprint density at radius 3 is 2.62 bits per heavy atom. The van der Waals surface area contributed by atoms with Crippen LogP contribution in [0.15, 0.2) is 47.1 Å². The fraction of sp³-hybridized carbons (Fsp3) is 0.400. The summed E-state index contributed by atoms with van der Waals surface area (Å²) >= 11 is 0. The van der Waals surface area contributed by atoms with Crippen molar-refractivity contribution in [2.24, 2.45) is 5.92 Å². The zero-order valence-electron chi connectivity index (χ0n) is 15.0. The van der Waals surface area contributed by atoms with E-state index in [1.54, 1.807) is 12.1 Å². The number of nitrogens with zero attached hydrogens (tertiary/aromatic N) is 1. The van der Waals surface area contributed by atoms with Gasteiger partial charge in [-0.25, -0.2) is 4.79 Å². The Bertz CT molecular complexity index is 735. The number of hydrogen-bond donors (Lipinski definition) is 2. The number of carbonyl (C=O) groups excluding carboxylic acids is 2. The van der Waals surface area contributed by atoms with Gasteiger partial charge in [-0.2, -0.15) is 0 Å². The van der Waals surface area contributed by atoms with Crippen molar-refractivity contribution < 1.29 is 14.0 Å². The topological polar surface area (TPSA) is 74.6 Å². The van der Waals surface area contributed by atoms with Gasteiger partial charge in [-0.3, -0.25) is 4.79 Å². The van der Waals surface area contributed by atoms with Crippen LogP contribution in [-0.2, 0) is 0 Å². The second-order valence-corrected chi connectivity index (χ2v) is 6.70. The summed E-state index contributed by atoms with van der Waals surface area (Å²) in [7, 11) is 0. The van der Waals surface area contributed by atoms with E-state index in [2.05, 4.69) is 10.6 Å². The maximum atomic E-state index is 12.4. The van der Waals surface area contributed by atoms with Crippen LogP contribution in [0.1, 0.15) is 35.4 Å². The zero-order valence-corrected chi connectivity index (χ0v) is 15.0. The number of hydrogen-bond acceptors (Lipinski definition) is 3. The molecule has 1 aliphatic rings. The minimum absolute atomic E-state index is 0.0381. The second-order valence-electron chi connectivity index (χ2n) is 6.70. The highest BCUT2D eigenvalue weighted by Crippen LogP contribution is 2.21. The van der Waals surface area contributed by atoms with E-state index < -0.39 is 0 Å². The molecule has 0 spiro atoms. The molecule has 1 aromatic carbocycles. The average molecular weight is 355 g/mol. The fourth-order valence-electron chi connectivity index (χ4n) is 3.22. The molecule has 26 heavy (non-hydrogen) atoms. The van der Waals surface area contributed by atoms with E-state index in [4.69, 9.17) is 4.42 Å². The third-order valence-corrected chi connectivity index (χ3v) is 4.87. The van der Waals surface area contributed by atoms with Crippen LogP contribution in [0.25, 0.3) is 0 Å². The SMILES string of the molecule is Cc1ccccc1NC(=O)N1CCC(CCNC(=O)c2ccco2)CC1. The Morgan fingerprint density at radius 2 is 1.92 bits per heavy atom. The van der Waals surface area contributed by atoms with Crippen molar-refractivity contribution in [3.05, 3.63) is 54.0 Å². The van der Waals surface area contributed by atoms with Crippen LogP contribution in [0.3, 0.4) is 0 Å². The highest BCUT2D eigenvalue weighted by molar-refractivity contribution is 5.91. The molecule has 3 rings (SSSR count). The van der Waals surface area contributed by atoms with Gasteiger partial charge in [-0.1, -0.05) is 18.2 Å². The maximum Gasteiger partial charge on any atom is 0.321 e. The molecule has 2 N–H and O–H groups in total. The van der Waals surface area contributed by atoms with Crippen LogP contribution < -0.4 is 10.6 Å². The first-order chi connectivity index (χ1) is 12.6. The standard InChI is InChI=1S/C20H25N3O3/c1-15-5-2-3-6-17(15)22-20(25)23-12-9-16(10-13-23)8-11-21-19(24)18-7-4-14-26-18/h2-7,14,16H,8-13H2,1H3,(H,21,24)(H,22,25). The molecule has 6 heteroatoms. The summed E-state index contributed by atoms with van der Waals surface area (Å²) in [5, 5.41) is 5.87. The summed E-state index contributed by atoms with van der Waals surface area (Å²) in [6.07, 6.45) is 4.32. The van der Waals surface area contributed by atoms with Crippen molar-refractivity contribution in [1.82, 2.24) is 10.2 Å². The van der Waals surface area contributed by atoms with Crippen molar-refractivity contribution in [2.75, 3.05) is 25.0 Å². The number of urea groups is 1. The highest BCUT2D eigenvalue weighted by Gasteiger charge is 2.23. The first-order valence-electron chi connectivity index (χ1n) is 9.07. The molecule has 2 heterocycles. The minimum Gasteiger partial charge on any atom is -0.459 e. The third-order valence-electron chi connectivity index (χ3n) is 4.87. The Morgan fingerprint density at radius 1 is 1.15 bits per heavy atom. The molecular weight excluding hydrogens is 330 g/mol. The Kier molecular flexibility index (Phi) is 5.94. The molecule has 1 fully saturated rings. The van der Waals surface area contributed by atoms with Crippen molar-refractivity contribution >= 4 is 17.6 Å². The molecule has 0 unspecified atom stereocenters. The molecule has 3 amide bonds. The first-order valence-corrected chi connectivity index (χ1v) is 9.07. The van der Waals surface area contributed by atoms with Crippen LogP contribution in [0.5, 0.6) is 0 Å². The van der Waals surface area contributed by atoms with Gasteiger partial charge >= 0.3 is 6.03 Å². The molecule has 2 aromatic rings. The van der Waals surface area contributed by atoms with Crippen LogP contribution in [0.4, 0.5) is 10.5 Å².